The molecule has 1 aromatic rings. The van der Waals surface area contributed by atoms with Crippen LogP contribution in [0.4, 0.5) is 0 Å². The van der Waals surface area contributed by atoms with Crippen LogP contribution in [0.3, 0.4) is 0 Å². The first-order chi connectivity index (χ1) is 19.1. The molecule has 6 heteroatoms. The molecular formula is C35H58O6. The van der Waals surface area contributed by atoms with Gasteiger partial charge in [-0.2, -0.15) is 0 Å². The van der Waals surface area contributed by atoms with Crippen molar-refractivity contribution in [2.75, 3.05) is 0 Å². The zero-order valence-electron chi connectivity index (χ0n) is 27.7. The van der Waals surface area contributed by atoms with Gasteiger partial charge in [-0.15, -0.1) is 0 Å². The second-order valence-electron chi connectivity index (χ2n) is 13.6. The topological polar surface area (TPSA) is 82.1 Å². The smallest absolute Gasteiger partial charge is 0.352 e. The quantitative estimate of drug-likeness (QED) is 0.158. The molecule has 2 rings (SSSR count). The molecule has 1 N–H and O–H groups in total. The van der Waals surface area contributed by atoms with Crippen LogP contribution in [-0.2, 0) is 20.7 Å². The van der Waals surface area contributed by atoms with E-state index in [9.17, 15) is 14.7 Å². The van der Waals surface area contributed by atoms with E-state index in [1.807, 2.05) is 20.8 Å². The zero-order chi connectivity index (χ0) is 30.9. The maximum atomic E-state index is 12.7. The van der Waals surface area contributed by atoms with Crippen LogP contribution in [-0.4, -0.2) is 34.9 Å². The van der Waals surface area contributed by atoms with Crippen molar-refractivity contribution in [1.82, 2.24) is 0 Å². The van der Waals surface area contributed by atoms with Crippen molar-refractivity contribution in [1.29, 1.82) is 0 Å². The molecule has 41 heavy (non-hydrogen) atoms. The lowest BCUT2D eigenvalue weighted by molar-refractivity contribution is -0.166. The Morgan fingerprint density at radius 1 is 0.829 bits per heavy atom. The third-order valence-electron chi connectivity index (χ3n) is 9.01. The van der Waals surface area contributed by atoms with Gasteiger partial charge in [-0.05, 0) is 102 Å². The van der Waals surface area contributed by atoms with Gasteiger partial charge in [0.1, 0.15) is 23.2 Å². The number of carbonyl (C=O) groups is 2. The van der Waals surface area contributed by atoms with Gasteiger partial charge >= 0.3 is 11.9 Å². The molecule has 5 unspecified atom stereocenters. The highest BCUT2D eigenvalue weighted by atomic mass is 16.6. The maximum Gasteiger partial charge on any atom is 0.352 e. The van der Waals surface area contributed by atoms with Crippen molar-refractivity contribution < 1.29 is 28.9 Å². The van der Waals surface area contributed by atoms with Gasteiger partial charge in [0.05, 0.1) is 0 Å². The number of aliphatic hydroxyl groups excluding tert-OH is 1. The average molecular weight is 575 g/mol. The number of fused-ring (bicyclic) bond motifs is 1. The monoisotopic (exact) mass is 574 g/mol. The van der Waals surface area contributed by atoms with Gasteiger partial charge in [-0.1, -0.05) is 72.6 Å². The summed E-state index contributed by atoms with van der Waals surface area (Å²) in [5, 5.41) is 9.37. The summed E-state index contributed by atoms with van der Waals surface area (Å²) in [4.78, 5) is 24.4. The molecule has 234 valence electrons. The van der Waals surface area contributed by atoms with E-state index < -0.39 is 24.1 Å². The van der Waals surface area contributed by atoms with E-state index in [0.29, 0.717) is 5.75 Å². The lowest BCUT2D eigenvalue weighted by Crippen LogP contribution is -2.37. The number of carbonyl (C=O) groups excluding carboxylic acids is 2. The van der Waals surface area contributed by atoms with E-state index in [1.54, 1.807) is 0 Å². The van der Waals surface area contributed by atoms with Crippen LogP contribution in [0.15, 0.2) is 0 Å². The van der Waals surface area contributed by atoms with Crippen LogP contribution in [0.2, 0.25) is 0 Å². The SMILES string of the molecule is Cc1c(C)c2c(c(C)c1OC(=O)C(C)OC(=O)C(C)O)CCC(C)(CCCC(C)CCCC(C)CCCC(C)C)O2. The largest absolute Gasteiger partial charge is 0.487 e. The van der Waals surface area contributed by atoms with Crippen molar-refractivity contribution in [2.24, 2.45) is 17.8 Å². The number of aliphatic hydroxyl groups is 1. The van der Waals surface area contributed by atoms with E-state index in [-0.39, 0.29) is 5.60 Å². The molecule has 1 heterocycles. The normalized spacial score (nSPS) is 19.6. The molecule has 6 nitrogen and oxygen atoms in total. The van der Waals surface area contributed by atoms with Crippen molar-refractivity contribution in [3.8, 4) is 11.5 Å². The predicted octanol–water partition coefficient (Wildman–Crippen LogP) is 8.35. The number of esters is 2. The second kappa shape index (κ2) is 16.0. The number of rotatable bonds is 16. The average Bonchev–Trinajstić information content (AvgIpc) is 2.89. The van der Waals surface area contributed by atoms with Crippen LogP contribution < -0.4 is 9.47 Å². The highest BCUT2D eigenvalue weighted by Gasteiger charge is 2.35. The Morgan fingerprint density at radius 2 is 1.39 bits per heavy atom. The van der Waals surface area contributed by atoms with Crippen LogP contribution in [0.5, 0.6) is 11.5 Å². The summed E-state index contributed by atoms with van der Waals surface area (Å²) in [5.74, 6) is 2.29. The Balaban J connectivity index is 1.91. The summed E-state index contributed by atoms with van der Waals surface area (Å²) < 4.78 is 17.5. The fraction of sp³-hybridized carbons (Fsp3) is 0.771. The van der Waals surface area contributed by atoms with Gasteiger partial charge in [0.15, 0.2) is 6.10 Å². The molecule has 0 saturated heterocycles. The third kappa shape index (κ3) is 10.6. The molecule has 0 spiro atoms. The first kappa shape index (κ1) is 35.1. The molecule has 1 aliphatic rings. The summed E-state index contributed by atoms with van der Waals surface area (Å²) in [6.07, 6.45) is 10.9. The molecule has 0 aliphatic carbocycles. The summed E-state index contributed by atoms with van der Waals surface area (Å²) in [6.45, 7) is 20.3. The van der Waals surface area contributed by atoms with Gasteiger partial charge in [0.2, 0.25) is 0 Å². The van der Waals surface area contributed by atoms with Crippen LogP contribution in [0.1, 0.15) is 135 Å². The predicted molar refractivity (Wildman–Crippen MR) is 166 cm³/mol. The standard InChI is InChI=1S/C35H58O6/c1-22(2)14-11-15-23(3)16-12-17-24(4)18-13-20-35(10)21-19-30-27(7)31(25(5)26(6)32(30)41-35)40-34(38)29(9)39-33(37)28(8)36/h22-24,28-29,36H,11-21H2,1-10H3. The Morgan fingerprint density at radius 3 is 1.95 bits per heavy atom. The van der Waals surface area contributed by atoms with E-state index in [1.165, 1.54) is 58.8 Å². The first-order valence-corrected chi connectivity index (χ1v) is 16.1. The molecule has 0 amide bonds. The van der Waals surface area contributed by atoms with Gasteiger partial charge in [0, 0.05) is 5.56 Å². The van der Waals surface area contributed by atoms with Crippen molar-refractivity contribution in [2.45, 2.75) is 158 Å². The molecule has 1 aliphatic heterocycles. The van der Waals surface area contributed by atoms with E-state index in [4.69, 9.17) is 14.2 Å². The number of benzene rings is 1. The van der Waals surface area contributed by atoms with Crippen LogP contribution in [0, 0.1) is 38.5 Å². The van der Waals surface area contributed by atoms with Crippen molar-refractivity contribution in [3.63, 3.8) is 0 Å². The minimum Gasteiger partial charge on any atom is -0.487 e. The first-order valence-electron chi connectivity index (χ1n) is 16.1. The Bertz CT molecular complexity index is 1010. The highest BCUT2D eigenvalue weighted by molar-refractivity contribution is 5.82. The highest BCUT2D eigenvalue weighted by Crippen LogP contribution is 2.45. The Kier molecular flexibility index (Phi) is 13.7. The summed E-state index contributed by atoms with van der Waals surface area (Å²) >= 11 is 0. The third-order valence-corrected chi connectivity index (χ3v) is 9.01. The van der Waals surface area contributed by atoms with Crippen LogP contribution in [0.25, 0.3) is 0 Å². The second-order valence-corrected chi connectivity index (χ2v) is 13.6. The Hall–Kier alpha value is -2.08. The number of ether oxygens (including phenoxy) is 3. The summed E-state index contributed by atoms with van der Waals surface area (Å²) in [5.41, 5.74) is 3.59. The number of hydrogen-bond acceptors (Lipinski definition) is 6. The van der Waals surface area contributed by atoms with Crippen molar-refractivity contribution in [3.05, 3.63) is 22.3 Å². The van der Waals surface area contributed by atoms with Gasteiger partial charge < -0.3 is 19.3 Å². The van der Waals surface area contributed by atoms with E-state index in [2.05, 4.69) is 34.6 Å². The molecular weight excluding hydrogens is 516 g/mol. The van der Waals surface area contributed by atoms with Gasteiger partial charge in [-0.3, -0.25) is 0 Å². The fourth-order valence-electron chi connectivity index (χ4n) is 5.92. The lowest BCUT2D eigenvalue weighted by Gasteiger charge is -2.38. The Labute approximate surface area is 249 Å². The molecule has 0 bridgehead atoms. The zero-order valence-corrected chi connectivity index (χ0v) is 27.7. The fourth-order valence-corrected chi connectivity index (χ4v) is 5.92. The van der Waals surface area contributed by atoms with Crippen LogP contribution >= 0.6 is 0 Å². The summed E-state index contributed by atoms with van der Waals surface area (Å²) in [6, 6.07) is 0. The van der Waals surface area contributed by atoms with E-state index in [0.717, 1.165) is 71.4 Å². The molecule has 5 atom stereocenters. The molecule has 0 radical (unpaired) electrons. The van der Waals surface area contributed by atoms with Crippen molar-refractivity contribution >= 4 is 11.9 Å². The molecule has 0 saturated carbocycles. The maximum absolute atomic E-state index is 12.7. The minimum absolute atomic E-state index is 0.205. The number of hydrogen-bond donors (Lipinski definition) is 1. The summed E-state index contributed by atoms with van der Waals surface area (Å²) in [7, 11) is 0. The van der Waals surface area contributed by atoms with E-state index >= 15 is 0 Å². The molecule has 0 aromatic heterocycles. The van der Waals surface area contributed by atoms with Gasteiger partial charge in [-0.25, -0.2) is 9.59 Å². The molecule has 0 fully saturated rings. The minimum atomic E-state index is -1.30. The van der Waals surface area contributed by atoms with Gasteiger partial charge in [0.25, 0.3) is 0 Å². The molecule has 1 aromatic carbocycles. The lowest BCUT2D eigenvalue weighted by atomic mass is 9.83.